The molecular formula is C20H30N2O5. The molecule has 150 valence electrons. The Morgan fingerprint density at radius 2 is 1.85 bits per heavy atom. The molecule has 7 nitrogen and oxygen atoms in total. The zero-order valence-corrected chi connectivity index (χ0v) is 16.6. The second kappa shape index (κ2) is 7.52. The molecule has 0 aromatic carbocycles. The first-order valence-electron chi connectivity index (χ1n) is 9.79. The molecule has 0 radical (unpaired) electrons. The van der Waals surface area contributed by atoms with Crippen molar-refractivity contribution in [2.75, 3.05) is 7.11 Å². The van der Waals surface area contributed by atoms with Gasteiger partial charge in [0.25, 0.3) is 0 Å². The molecule has 0 aromatic heterocycles. The van der Waals surface area contributed by atoms with Gasteiger partial charge >= 0.3 is 12.1 Å². The summed E-state index contributed by atoms with van der Waals surface area (Å²) < 4.78 is 10.2. The maximum Gasteiger partial charge on any atom is 0.408 e. The van der Waals surface area contributed by atoms with E-state index in [-0.39, 0.29) is 11.9 Å². The second-order valence-electron chi connectivity index (χ2n) is 8.68. The van der Waals surface area contributed by atoms with E-state index in [2.05, 4.69) is 11.4 Å². The highest BCUT2D eigenvalue weighted by Gasteiger charge is 2.45. The lowest BCUT2D eigenvalue weighted by Crippen LogP contribution is -2.55. The van der Waals surface area contributed by atoms with Crippen LogP contribution in [0.1, 0.15) is 59.3 Å². The van der Waals surface area contributed by atoms with Gasteiger partial charge in [0.2, 0.25) is 5.91 Å². The summed E-state index contributed by atoms with van der Waals surface area (Å²) in [5.74, 6) is -0.0481. The predicted molar refractivity (Wildman–Crippen MR) is 98.9 cm³/mol. The van der Waals surface area contributed by atoms with E-state index in [0.29, 0.717) is 18.8 Å². The second-order valence-corrected chi connectivity index (χ2v) is 8.68. The van der Waals surface area contributed by atoms with E-state index in [1.54, 1.807) is 25.7 Å². The van der Waals surface area contributed by atoms with Crippen LogP contribution in [-0.4, -0.2) is 53.7 Å². The smallest absolute Gasteiger partial charge is 0.408 e. The third-order valence-corrected chi connectivity index (χ3v) is 5.38. The zero-order valence-electron chi connectivity index (χ0n) is 16.6. The van der Waals surface area contributed by atoms with Crippen LogP contribution < -0.4 is 5.32 Å². The molecule has 27 heavy (non-hydrogen) atoms. The van der Waals surface area contributed by atoms with Gasteiger partial charge in [0, 0.05) is 0 Å². The van der Waals surface area contributed by atoms with Crippen molar-refractivity contribution in [3.05, 3.63) is 11.6 Å². The summed E-state index contributed by atoms with van der Waals surface area (Å²) in [5, 5.41) is 2.73. The highest BCUT2D eigenvalue weighted by atomic mass is 16.6. The lowest BCUT2D eigenvalue weighted by atomic mass is 9.95. The number of nitrogens with one attached hydrogen (secondary N) is 1. The Morgan fingerprint density at radius 3 is 2.44 bits per heavy atom. The molecule has 1 aliphatic carbocycles. The molecule has 3 rings (SSSR count). The van der Waals surface area contributed by atoms with Gasteiger partial charge in [-0.2, -0.15) is 0 Å². The molecule has 7 heteroatoms. The van der Waals surface area contributed by atoms with Crippen molar-refractivity contribution < 1.29 is 23.9 Å². The van der Waals surface area contributed by atoms with E-state index in [0.717, 1.165) is 12.8 Å². The van der Waals surface area contributed by atoms with Crippen LogP contribution in [0.2, 0.25) is 0 Å². The summed E-state index contributed by atoms with van der Waals surface area (Å²) in [7, 11) is 1.34. The number of nitrogens with zero attached hydrogens (tertiary/aromatic N) is 1. The number of amides is 2. The standard InChI is InChI=1S/C20H30N2O5/c1-20(2,3)27-19(25)21-15-9-7-13(12-5-6-12)11-14-8-10-16(18(24)26-4)22(14)17(15)23/h11-12,14-16H,5-10H2,1-4H3,(H,21,25)/t14-,15+,16+/m1/s1. The summed E-state index contributed by atoms with van der Waals surface area (Å²) in [6.45, 7) is 5.35. The van der Waals surface area contributed by atoms with Crippen LogP contribution in [0.15, 0.2) is 11.6 Å². The molecule has 0 bridgehead atoms. The zero-order chi connectivity index (χ0) is 19.8. The van der Waals surface area contributed by atoms with Crippen LogP contribution in [0.3, 0.4) is 0 Å². The largest absolute Gasteiger partial charge is 0.467 e. The van der Waals surface area contributed by atoms with E-state index >= 15 is 0 Å². The lowest BCUT2D eigenvalue weighted by molar-refractivity contribution is -0.152. The Labute approximate surface area is 160 Å². The van der Waals surface area contributed by atoms with E-state index in [1.165, 1.54) is 25.5 Å². The van der Waals surface area contributed by atoms with Crippen LogP contribution in [0.5, 0.6) is 0 Å². The molecule has 0 spiro atoms. The van der Waals surface area contributed by atoms with Crippen molar-refractivity contribution in [1.29, 1.82) is 0 Å². The van der Waals surface area contributed by atoms with Crippen molar-refractivity contribution in [1.82, 2.24) is 10.2 Å². The van der Waals surface area contributed by atoms with Crippen molar-refractivity contribution in [2.45, 2.75) is 83.0 Å². The van der Waals surface area contributed by atoms with E-state index in [9.17, 15) is 14.4 Å². The number of carbonyl (C=O) groups excluding carboxylic acids is 3. The highest BCUT2D eigenvalue weighted by molar-refractivity contribution is 5.91. The summed E-state index contributed by atoms with van der Waals surface area (Å²) >= 11 is 0. The Kier molecular flexibility index (Phi) is 5.49. The molecule has 2 aliphatic heterocycles. The lowest BCUT2D eigenvalue weighted by Gasteiger charge is -2.34. The number of methoxy groups -OCH3 is 1. The maximum absolute atomic E-state index is 13.2. The van der Waals surface area contributed by atoms with Crippen molar-refractivity contribution in [2.24, 2.45) is 5.92 Å². The molecule has 1 saturated heterocycles. The van der Waals surface area contributed by atoms with Crippen molar-refractivity contribution >= 4 is 18.0 Å². The molecule has 3 atom stereocenters. The Hall–Kier alpha value is -2.05. The summed E-state index contributed by atoms with van der Waals surface area (Å²) in [6.07, 6.45) is 6.54. The van der Waals surface area contributed by atoms with Gasteiger partial charge in [0.1, 0.15) is 17.7 Å². The van der Waals surface area contributed by atoms with Gasteiger partial charge in [-0.3, -0.25) is 4.79 Å². The minimum atomic E-state index is -0.699. The van der Waals surface area contributed by atoms with Crippen LogP contribution in [0.4, 0.5) is 4.79 Å². The number of carbonyl (C=O) groups is 3. The first-order chi connectivity index (χ1) is 12.7. The van der Waals surface area contributed by atoms with Gasteiger partial charge in [-0.1, -0.05) is 11.6 Å². The van der Waals surface area contributed by atoms with Crippen molar-refractivity contribution in [3.8, 4) is 0 Å². The van der Waals surface area contributed by atoms with Gasteiger partial charge < -0.3 is 19.7 Å². The van der Waals surface area contributed by atoms with Crippen LogP contribution >= 0.6 is 0 Å². The Bertz CT molecular complexity index is 647. The number of hydrogen-bond donors (Lipinski definition) is 1. The molecule has 1 saturated carbocycles. The maximum atomic E-state index is 13.2. The van der Waals surface area contributed by atoms with Gasteiger partial charge in [0.05, 0.1) is 13.2 Å². The summed E-state index contributed by atoms with van der Waals surface area (Å²) in [4.78, 5) is 39.3. The number of esters is 1. The van der Waals surface area contributed by atoms with Gasteiger partial charge in [-0.25, -0.2) is 9.59 Å². The normalized spacial score (nSPS) is 28.6. The predicted octanol–water partition coefficient (Wildman–Crippen LogP) is 2.54. The van der Waals surface area contributed by atoms with Crippen LogP contribution in [0.25, 0.3) is 0 Å². The summed E-state index contributed by atoms with van der Waals surface area (Å²) in [5.41, 5.74) is 0.706. The van der Waals surface area contributed by atoms with E-state index in [4.69, 9.17) is 9.47 Å². The molecule has 0 unspecified atom stereocenters. The fraction of sp³-hybridized carbons (Fsp3) is 0.750. The van der Waals surface area contributed by atoms with Crippen molar-refractivity contribution in [3.63, 3.8) is 0 Å². The van der Waals surface area contributed by atoms with Crippen LogP contribution in [-0.2, 0) is 19.1 Å². The molecular weight excluding hydrogens is 348 g/mol. The fourth-order valence-corrected chi connectivity index (χ4v) is 4.01. The highest BCUT2D eigenvalue weighted by Crippen LogP contribution is 2.41. The minimum absolute atomic E-state index is 0.111. The monoisotopic (exact) mass is 378 g/mol. The molecule has 2 heterocycles. The summed E-state index contributed by atoms with van der Waals surface area (Å²) in [6, 6.07) is -1.40. The molecule has 2 amide bonds. The number of rotatable bonds is 3. The number of ether oxygens (including phenoxy) is 2. The molecule has 3 aliphatic rings. The Balaban J connectivity index is 1.83. The number of fused-ring (bicyclic) bond motifs is 1. The first kappa shape index (κ1) is 19.7. The third kappa shape index (κ3) is 4.62. The average molecular weight is 378 g/mol. The van der Waals surface area contributed by atoms with Gasteiger partial charge in [-0.05, 0) is 65.2 Å². The fourth-order valence-electron chi connectivity index (χ4n) is 4.01. The van der Waals surface area contributed by atoms with Gasteiger partial charge in [-0.15, -0.1) is 0 Å². The Morgan fingerprint density at radius 1 is 1.15 bits per heavy atom. The topological polar surface area (TPSA) is 84.9 Å². The average Bonchev–Trinajstić information content (AvgIpc) is 3.33. The van der Waals surface area contributed by atoms with E-state index in [1.807, 2.05) is 0 Å². The van der Waals surface area contributed by atoms with E-state index < -0.39 is 29.7 Å². The first-order valence-corrected chi connectivity index (χ1v) is 9.79. The molecule has 1 N–H and O–H groups in total. The van der Waals surface area contributed by atoms with Crippen LogP contribution in [0, 0.1) is 5.92 Å². The SMILES string of the molecule is COC(=O)[C@@H]1CC[C@@H]2C=C(C3CC3)CC[C@H](NC(=O)OC(C)(C)C)C(=O)N21. The number of hydrogen-bond acceptors (Lipinski definition) is 5. The minimum Gasteiger partial charge on any atom is -0.467 e. The quantitative estimate of drug-likeness (QED) is 0.603. The number of allylic oxidation sites excluding steroid dienone is 1. The number of alkyl carbamates (subject to hydrolysis) is 1. The molecule has 2 fully saturated rings. The third-order valence-electron chi connectivity index (χ3n) is 5.38. The molecule has 0 aromatic rings. The van der Waals surface area contributed by atoms with Gasteiger partial charge in [0.15, 0.2) is 0 Å².